The number of benzene rings is 2. The van der Waals surface area contributed by atoms with Crippen LogP contribution in [0.4, 0.5) is 10.5 Å². The van der Waals surface area contributed by atoms with Crippen molar-refractivity contribution in [3.05, 3.63) is 71.8 Å². The van der Waals surface area contributed by atoms with Gasteiger partial charge >= 0.3 is 6.09 Å². The molecular weight excluding hydrogens is 440 g/mol. The van der Waals surface area contributed by atoms with Crippen LogP contribution in [-0.4, -0.2) is 48.2 Å². The van der Waals surface area contributed by atoms with Crippen LogP contribution in [0.1, 0.15) is 37.0 Å². The quantitative estimate of drug-likeness (QED) is 0.198. The number of hydrogen-bond donors (Lipinski definition) is 4. The minimum Gasteiger partial charge on any atom is -0.491 e. The fraction of sp³-hybridized carbons (Fsp3) is 0.360. The van der Waals surface area contributed by atoms with Gasteiger partial charge in [0.1, 0.15) is 12.4 Å². The van der Waals surface area contributed by atoms with Crippen molar-refractivity contribution in [2.45, 2.75) is 38.9 Å². The summed E-state index contributed by atoms with van der Waals surface area (Å²) in [4.78, 5) is 24.0. The highest BCUT2D eigenvalue weighted by molar-refractivity contribution is 5.86. The van der Waals surface area contributed by atoms with E-state index in [1.165, 1.54) is 11.6 Å². The summed E-state index contributed by atoms with van der Waals surface area (Å²) in [6.45, 7) is 4.06. The second-order valence-electron chi connectivity index (χ2n) is 7.38. The van der Waals surface area contributed by atoms with Crippen LogP contribution in [-0.2, 0) is 14.3 Å². The summed E-state index contributed by atoms with van der Waals surface area (Å²) in [6, 6.07) is 14.4. The number of carbonyl (C=O) groups excluding carboxylic acids is 2. The van der Waals surface area contributed by atoms with Crippen molar-refractivity contribution in [3.8, 4) is 5.75 Å². The van der Waals surface area contributed by atoms with Gasteiger partial charge in [0.15, 0.2) is 6.10 Å². The fourth-order valence-corrected chi connectivity index (χ4v) is 3.27. The zero-order valence-electron chi connectivity index (χ0n) is 19.4. The number of hydrogen-bond acceptors (Lipinski definition) is 7. The lowest BCUT2D eigenvalue weighted by atomic mass is 9.99. The standard InChI is InChI=1S/C25H32N2O7/c1-3-32-22(10-6-7-11-23(29)27-31)24(20-8-4-5-9-21(20)33-17-16-28)34-25(30)26-19-14-12-18(2)13-15-19/h4-5,7-9,11-15,22,24,28,31H,3,6,10,16-17H2,1-2H3,(H,26,30)(H,27,29)/b11-7+/t22-,24-/m1/s1. The Morgan fingerprint density at radius 1 is 1.12 bits per heavy atom. The summed E-state index contributed by atoms with van der Waals surface area (Å²) in [5, 5.41) is 20.5. The van der Waals surface area contributed by atoms with Gasteiger partial charge in [0.25, 0.3) is 5.91 Å². The first-order chi connectivity index (χ1) is 16.5. The van der Waals surface area contributed by atoms with E-state index in [0.717, 1.165) is 5.56 Å². The molecule has 0 heterocycles. The molecule has 0 unspecified atom stereocenters. The minimum atomic E-state index is -0.833. The molecule has 2 rings (SSSR count). The molecule has 0 fully saturated rings. The second-order valence-corrected chi connectivity index (χ2v) is 7.38. The van der Waals surface area contributed by atoms with Crippen molar-refractivity contribution in [2.75, 3.05) is 25.1 Å². The van der Waals surface area contributed by atoms with E-state index in [9.17, 15) is 14.7 Å². The predicted molar refractivity (Wildman–Crippen MR) is 127 cm³/mol. The minimum absolute atomic E-state index is 0.0810. The maximum atomic E-state index is 12.8. The van der Waals surface area contributed by atoms with Gasteiger partial charge in [-0.3, -0.25) is 15.3 Å². The average Bonchev–Trinajstić information content (AvgIpc) is 2.84. The van der Waals surface area contributed by atoms with E-state index >= 15 is 0 Å². The molecule has 184 valence electrons. The fourth-order valence-electron chi connectivity index (χ4n) is 3.27. The van der Waals surface area contributed by atoms with Crippen LogP contribution in [0.15, 0.2) is 60.7 Å². The zero-order chi connectivity index (χ0) is 24.8. The van der Waals surface area contributed by atoms with E-state index in [2.05, 4.69) is 5.32 Å². The molecule has 9 heteroatoms. The number of anilines is 1. The van der Waals surface area contributed by atoms with Crippen LogP contribution in [0.3, 0.4) is 0 Å². The number of rotatable bonds is 13. The Hall–Kier alpha value is -3.40. The molecule has 2 atom stereocenters. The molecule has 0 aliphatic rings. The van der Waals surface area contributed by atoms with E-state index in [-0.39, 0.29) is 13.2 Å². The monoisotopic (exact) mass is 472 g/mol. The smallest absolute Gasteiger partial charge is 0.412 e. The van der Waals surface area contributed by atoms with Crippen molar-refractivity contribution < 1.29 is 34.1 Å². The highest BCUT2D eigenvalue weighted by Gasteiger charge is 2.30. The van der Waals surface area contributed by atoms with Crippen molar-refractivity contribution >= 4 is 17.7 Å². The molecule has 2 aromatic rings. The van der Waals surface area contributed by atoms with Crippen LogP contribution in [0.2, 0.25) is 0 Å². The first kappa shape index (κ1) is 26.8. The first-order valence-electron chi connectivity index (χ1n) is 11.1. The van der Waals surface area contributed by atoms with Crippen molar-refractivity contribution in [1.29, 1.82) is 0 Å². The third kappa shape index (κ3) is 8.86. The number of nitrogens with one attached hydrogen (secondary N) is 2. The maximum Gasteiger partial charge on any atom is 0.412 e. The summed E-state index contributed by atoms with van der Waals surface area (Å²) >= 11 is 0. The third-order valence-corrected chi connectivity index (χ3v) is 4.82. The molecule has 0 spiro atoms. The third-order valence-electron chi connectivity index (χ3n) is 4.82. The molecule has 0 aromatic heterocycles. The Balaban J connectivity index is 2.28. The Kier molecular flexibility index (Phi) is 11.6. The van der Waals surface area contributed by atoms with Crippen molar-refractivity contribution in [3.63, 3.8) is 0 Å². The molecule has 0 radical (unpaired) electrons. The SMILES string of the molecule is CCO[C@H](CC/C=C/C(=O)NO)[C@H](OC(=O)Nc1ccc(C)cc1)c1ccccc1OCCO. The number of carbonyl (C=O) groups is 2. The number of aliphatic hydroxyl groups is 1. The van der Waals surface area contributed by atoms with Crippen LogP contribution in [0.5, 0.6) is 5.75 Å². The van der Waals surface area contributed by atoms with E-state index in [1.807, 2.05) is 26.0 Å². The molecule has 9 nitrogen and oxygen atoms in total. The van der Waals surface area contributed by atoms with E-state index < -0.39 is 24.2 Å². The largest absolute Gasteiger partial charge is 0.491 e. The molecule has 2 aromatic carbocycles. The highest BCUT2D eigenvalue weighted by atomic mass is 16.6. The van der Waals surface area contributed by atoms with Gasteiger partial charge in [-0.25, -0.2) is 10.3 Å². The lowest BCUT2D eigenvalue weighted by Gasteiger charge is -2.28. The first-order valence-corrected chi connectivity index (χ1v) is 11.1. The zero-order valence-corrected chi connectivity index (χ0v) is 19.4. The molecule has 0 aliphatic heterocycles. The molecule has 4 N–H and O–H groups in total. The molecule has 0 aliphatic carbocycles. The normalized spacial score (nSPS) is 12.7. The number of aliphatic hydroxyl groups excluding tert-OH is 1. The van der Waals surface area contributed by atoms with Crippen molar-refractivity contribution in [1.82, 2.24) is 5.48 Å². The van der Waals surface area contributed by atoms with E-state index in [4.69, 9.17) is 19.4 Å². The maximum absolute atomic E-state index is 12.8. The summed E-state index contributed by atoms with van der Waals surface area (Å²) in [5.41, 5.74) is 3.77. The number of para-hydroxylation sites is 1. The molecule has 2 amide bonds. The van der Waals surface area contributed by atoms with Crippen molar-refractivity contribution in [2.24, 2.45) is 0 Å². The predicted octanol–water partition coefficient (Wildman–Crippen LogP) is 3.90. The van der Waals surface area contributed by atoms with Gasteiger partial charge in [0.05, 0.1) is 12.7 Å². The van der Waals surface area contributed by atoms with Gasteiger partial charge in [0.2, 0.25) is 0 Å². The van der Waals surface area contributed by atoms with E-state index in [1.54, 1.807) is 42.5 Å². The summed E-state index contributed by atoms with van der Waals surface area (Å²) < 4.78 is 17.4. The molecular formula is C25H32N2O7. The summed E-state index contributed by atoms with van der Waals surface area (Å²) in [7, 11) is 0. The van der Waals surface area contributed by atoms with Crippen LogP contribution < -0.4 is 15.5 Å². The topological polar surface area (TPSA) is 126 Å². The Labute approximate surface area is 199 Å². The van der Waals surface area contributed by atoms with Gasteiger partial charge in [-0.2, -0.15) is 0 Å². The van der Waals surface area contributed by atoms with Gasteiger partial charge in [-0.05, 0) is 44.9 Å². The van der Waals surface area contributed by atoms with Gasteiger partial charge in [0, 0.05) is 23.9 Å². The van der Waals surface area contributed by atoms with Gasteiger partial charge in [-0.15, -0.1) is 0 Å². The van der Waals surface area contributed by atoms with Crippen LogP contribution in [0, 0.1) is 6.92 Å². The Morgan fingerprint density at radius 2 is 1.85 bits per heavy atom. The van der Waals surface area contributed by atoms with Crippen LogP contribution in [0.25, 0.3) is 0 Å². The second kappa shape index (κ2) is 14.7. The molecule has 0 saturated heterocycles. The lowest BCUT2D eigenvalue weighted by molar-refractivity contribution is -0.124. The number of ether oxygens (including phenoxy) is 3. The number of aryl methyl sites for hydroxylation is 1. The lowest BCUT2D eigenvalue weighted by Crippen LogP contribution is -2.29. The highest BCUT2D eigenvalue weighted by Crippen LogP contribution is 2.34. The van der Waals surface area contributed by atoms with Gasteiger partial charge in [-0.1, -0.05) is 42.0 Å². The molecule has 0 saturated carbocycles. The number of hydroxylamine groups is 1. The summed E-state index contributed by atoms with van der Waals surface area (Å²) in [6.07, 6.45) is 1.59. The number of allylic oxidation sites excluding steroid dienone is 1. The van der Waals surface area contributed by atoms with Gasteiger partial charge < -0.3 is 19.3 Å². The number of amides is 2. The molecule has 34 heavy (non-hydrogen) atoms. The molecule has 0 bridgehead atoms. The average molecular weight is 473 g/mol. The summed E-state index contributed by atoms with van der Waals surface area (Å²) in [5.74, 6) is -0.175. The van der Waals surface area contributed by atoms with E-state index in [0.29, 0.717) is 36.4 Å². The van der Waals surface area contributed by atoms with Crippen LogP contribution >= 0.6 is 0 Å². The Bertz CT molecular complexity index is 931. The Morgan fingerprint density at radius 3 is 2.53 bits per heavy atom.